The van der Waals surface area contributed by atoms with Gasteiger partial charge in [-0.25, -0.2) is 13.2 Å². The van der Waals surface area contributed by atoms with E-state index in [1.165, 1.54) is 30.3 Å². The van der Waals surface area contributed by atoms with Crippen molar-refractivity contribution in [2.75, 3.05) is 0 Å². The number of rotatable bonds is 3. The number of halogens is 3. The van der Waals surface area contributed by atoms with Gasteiger partial charge in [-0.05, 0) is 30.3 Å². The fraction of sp³-hybridized carbons (Fsp3) is 0.0769. The maximum absolute atomic E-state index is 13.4. The van der Waals surface area contributed by atoms with Crippen molar-refractivity contribution in [3.05, 3.63) is 65.5 Å². The molecule has 0 aromatic heterocycles. The summed E-state index contributed by atoms with van der Waals surface area (Å²) in [6.45, 7) is 0. The first kappa shape index (κ1) is 12.8. The minimum Gasteiger partial charge on any atom is -0.254 e. The molecule has 0 aliphatic carbocycles. The number of benzene rings is 2. The van der Waals surface area contributed by atoms with Crippen molar-refractivity contribution in [2.45, 2.75) is 10.6 Å². The van der Waals surface area contributed by atoms with Crippen LogP contribution in [0.5, 0.6) is 0 Å². The highest BCUT2D eigenvalue weighted by Crippen LogP contribution is 2.16. The van der Waals surface area contributed by atoms with Gasteiger partial charge in [0.15, 0.2) is 0 Å². The second-order valence-corrected chi connectivity index (χ2v) is 5.13. The predicted molar refractivity (Wildman–Crippen MR) is 62.9 cm³/mol. The molecule has 0 N–H and O–H groups in total. The lowest BCUT2D eigenvalue weighted by molar-refractivity contribution is 0.575. The van der Waals surface area contributed by atoms with Crippen molar-refractivity contribution < 1.29 is 17.4 Å². The van der Waals surface area contributed by atoms with E-state index in [4.69, 9.17) is 0 Å². The lowest BCUT2D eigenvalue weighted by Crippen LogP contribution is -1.99. The SMILES string of the molecule is O=S(Cc1ccc(F)cc1F)c1ccc(F)cc1. The molecule has 0 saturated heterocycles. The molecule has 0 aliphatic rings. The number of hydrogen-bond donors (Lipinski definition) is 0. The third-order valence-electron chi connectivity index (χ3n) is 2.38. The average Bonchev–Trinajstić information content (AvgIpc) is 2.33. The van der Waals surface area contributed by atoms with E-state index in [0.717, 1.165) is 12.1 Å². The maximum Gasteiger partial charge on any atom is 0.130 e. The first-order valence-electron chi connectivity index (χ1n) is 5.14. The summed E-state index contributed by atoms with van der Waals surface area (Å²) in [6.07, 6.45) is 0. The molecule has 0 fully saturated rings. The van der Waals surface area contributed by atoms with Gasteiger partial charge in [0.05, 0.1) is 16.6 Å². The molecule has 1 unspecified atom stereocenters. The Morgan fingerprint density at radius 1 is 0.889 bits per heavy atom. The van der Waals surface area contributed by atoms with Crippen molar-refractivity contribution in [3.63, 3.8) is 0 Å². The highest BCUT2D eigenvalue weighted by Gasteiger charge is 2.10. The normalized spacial score (nSPS) is 12.4. The van der Waals surface area contributed by atoms with Crippen LogP contribution in [0.3, 0.4) is 0 Å². The summed E-state index contributed by atoms with van der Waals surface area (Å²) >= 11 is 0. The van der Waals surface area contributed by atoms with Gasteiger partial charge in [0, 0.05) is 16.5 Å². The van der Waals surface area contributed by atoms with Crippen LogP contribution < -0.4 is 0 Å². The molecule has 0 aliphatic heterocycles. The molecule has 2 rings (SSSR count). The average molecular weight is 270 g/mol. The standard InChI is InChI=1S/C13H9F3OS/c14-10-3-5-12(6-4-10)18(17)8-9-1-2-11(15)7-13(9)16/h1-7H,8H2. The first-order valence-corrected chi connectivity index (χ1v) is 6.46. The van der Waals surface area contributed by atoms with Gasteiger partial charge in [0.25, 0.3) is 0 Å². The molecule has 1 nitrogen and oxygen atoms in total. The van der Waals surface area contributed by atoms with E-state index < -0.39 is 28.3 Å². The predicted octanol–water partition coefficient (Wildman–Crippen LogP) is 3.41. The topological polar surface area (TPSA) is 17.1 Å². The van der Waals surface area contributed by atoms with Gasteiger partial charge in [-0.1, -0.05) is 6.07 Å². The quantitative estimate of drug-likeness (QED) is 0.835. The van der Waals surface area contributed by atoms with E-state index >= 15 is 0 Å². The molecule has 0 saturated carbocycles. The summed E-state index contributed by atoms with van der Waals surface area (Å²) in [6, 6.07) is 8.26. The van der Waals surface area contributed by atoms with E-state index in [-0.39, 0.29) is 11.3 Å². The van der Waals surface area contributed by atoms with Gasteiger partial charge in [0.1, 0.15) is 17.5 Å². The van der Waals surface area contributed by atoms with E-state index in [0.29, 0.717) is 4.90 Å². The third kappa shape index (κ3) is 2.98. The zero-order valence-electron chi connectivity index (χ0n) is 9.20. The minimum absolute atomic E-state index is 0.0717. The maximum atomic E-state index is 13.4. The van der Waals surface area contributed by atoms with Crippen molar-refractivity contribution in [3.8, 4) is 0 Å². The van der Waals surface area contributed by atoms with Crippen molar-refractivity contribution in [1.82, 2.24) is 0 Å². The zero-order chi connectivity index (χ0) is 13.1. The summed E-state index contributed by atoms with van der Waals surface area (Å²) in [7, 11) is -1.49. The van der Waals surface area contributed by atoms with Crippen LogP contribution in [0.2, 0.25) is 0 Å². The van der Waals surface area contributed by atoms with E-state index in [1.807, 2.05) is 0 Å². The van der Waals surface area contributed by atoms with Crippen LogP contribution >= 0.6 is 0 Å². The summed E-state index contributed by atoms with van der Waals surface area (Å²) in [4.78, 5) is 0.403. The van der Waals surface area contributed by atoms with Gasteiger partial charge in [-0.15, -0.1) is 0 Å². The summed E-state index contributed by atoms with van der Waals surface area (Å²) in [5.74, 6) is -1.91. The van der Waals surface area contributed by atoms with Crippen LogP contribution in [0.1, 0.15) is 5.56 Å². The lowest BCUT2D eigenvalue weighted by atomic mass is 10.2. The molecular weight excluding hydrogens is 261 g/mol. The second-order valence-electron chi connectivity index (χ2n) is 3.68. The fourth-order valence-corrected chi connectivity index (χ4v) is 2.57. The molecule has 0 bridgehead atoms. The Bertz CT molecular complexity index is 581. The van der Waals surface area contributed by atoms with Crippen LogP contribution in [0.25, 0.3) is 0 Å². The van der Waals surface area contributed by atoms with Crippen LogP contribution in [0.4, 0.5) is 13.2 Å². The highest BCUT2D eigenvalue weighted by atomic mass is 32.2. The molecular formula is C13H9F3OS. The molecule has 0 radical (unpaired) electrons. The molecule has 0 amide bonds. The minimum atomic E-state index is -1.49. The van der Waals surface area contributed by atoms with E-state index in [1.54, 1.807) is 0 Å². The van der Waals surface area contributed by atoms with Gasteiger partial charge >= 0.3 is 0 Å². The lowest BCUT2D eigenvalue weighted by Gasteiger charge is -2.04. The van der Waals surface area contributed by atoms with E-state index in [9.17, 15) is 17.4 Å². The zero-order valence-corrected chi connectivity index (χ0v) is 10.0. The van der Waals surface area contributed by atoms with Gasteiger partial charge < -0.3 is 0 Å². The van der Waals surface area contributed by atoms with Gasteiger partial charge in [-0.3, -0.25) is 4.21 Å². The van der Waals surface area contributed by atoms with Crippen molar-refractivity contribution in [2.24, 2.45) is 0 Å². The summed E-state index contributed by atoms with van der Waals surface area (Å²) in [5.41, 5.74) is 0.166. The largest absolute Gasteiger partial charge is 0.254 e. The Balaban J connectivity index is 2.18. The van der Waals surface area contributed by atoms with Gasteiger partial charge in [-0.2, -0.15) is 0 Å². The molecule has 94 valence electrons. The second kappa shape index (κ2) is 5.35. The van der Waals surface area contributed by atoms with Crippen LogP contribution in [-0.4, -0.2) is 4.21 Å². The Kier molecular flexibility index (Phi) is 3.81. The van der Waals surface area contributed by atoms with Crippen LogP contribution in [0.15, 0.2) is 47.4 Å². The smallest absolute Gasteiger partial charge is 0.130 e. The molecule has 0 spiro atoms. The van der Waals surface area contributed by atoms with Crippen molar-refractivity contribution >= 4 is 10.8 Å². The van der Waals surface area contributed by atoms with Crippen molar-refractivity contribution in [1.29, 1.82) is 0 Å². The molecule has 5 heteroatoms. The molecule has 2 aromatic carbocycles. The van der Waals surface area contributed by atoms with Crippen LogP contribution in [-0.2, 0) is 16.6 Å². The first-order chi connectivity index (χ1) is 8.56. The fourth-order valence-electron chi connectivity index (χ4n) is 1.45. The summed E-state index contributed by atoms with van der Waals surface area (Å²) in [5, 5.41) is 0. The monoisotopic (exact) mass is 270 g/mol. The Morgan fingerprint density at radius 2 is 1.50 bits per heavy atom. The van der Waals surface area contributed by atoms with Crippen LogP contribution in [0, 0.1) is 17.5 Å². The Labute approximate surface area is 105 Å². The Hall–Kier alpha value is -1.62. The number of hydrogen-bond acceptors (Lipinski definition) is 1. The summed E-state index contributed by atoms with van der Waals surface area (Å²) < 4.78 is 50.6. The molecule has 2 aromatic rings. The van der Waals surface area contributed by atoms with Gasteiger partial charge in [0.2, 0.25) is 0 Å². The molecule has 1 atom stereocenters. The highest BCUT2D eigenvalue weighted by molar-refractivity contribution is 7.84. The van der Waals surface area contributed by atoms with E-state index in [2.05, 4.69) is 0 Å². The third-order valence-corrected chi connectivity index (χ3v) is 3.75. The molecule has 18 heavy (non-hydrogen) atoms. The molecule has 0 heterocycles. The Morgan fingerprint density at radius 3 is 2.11 bits per heavy atom.